The molecule has 0 spiro atoms. The van der Waals surface area contributed by atoms with Crippen LogP contribution in [0.3, 0.4) is 0 Å². The van der Waals surface area contributed by atoms with Crippen molar-refractivity contribution in [2.75, 3.05) is 0 Å². The Balaban J connectivity index is 1.43. The fourth-order valence-electron chi connectivity index (χ4n) is 9.20. The highest BCUT2D eigenvalue weighted by atomic mass is 16.5. The van der Waals surface area contributed by atoms with Crippen molar-refractivity contribution in [1.29, 1.82) is 0 Å². The number of hydrogen-bond acceptors (Lipinski definition) is 2. The zero-order chi connectivity index (χ0) is 23.8. The van der Waals surface area contributed by atoms with Crippen LogP contribution in [0.25, 0.3) is 0 Å². The van der Waals surface area contributed by atoms with Gasteiger partial charge in [-0.25, -0.2) is 0 Å². The molecule has 2 nitrogen and oxygen atoms in total. The molecule has 0 aromatic carbocycles. The molecule has 2 heteroatoms. The molecule has 0 radical (unpaired) electrons. The van der Waals surface area contributed by atoms with Gasteiger partial charge in [-0.3, -0.25) is 4.79 Å². The van der Waals surface area contributed by atoms with Crippen molar-refractivity contribution in [3.8, 4) is 0 Å². The number of hydrogen-bond donors (Lipinski definition) is 0. The van der Waals surface area contributed by atoms with Gasteiger partial charge < -0.3 is 4.74 Å². The predicted octanol–water partition coefficient (Wildman–Crippen LogP) is 8.74. The van der Waals surface area contributed by atoms with Gasteiger partial charge in [-0.05, 0) is 97.7 Å². The molecule has 0 aromatic rings. The highest BCUT2D eigenvalue weighted by Gasteiger charge is 2.59. The molecule has 0 aliphatic heterocycles. The van der Waals surface area contributed by atoms with Crippen molar-refractivity contribution < 1.29 is 9.53 Å². The SMILES string of the molecule is CCCC(=O)OC1CCC2(C)C(=CCC3C2CCC2(C)C(C(C)CCCC(C)C)CCC32)C1. The smallest absolute Gasteiger partial charge is 0.306 e. The summed E-state index contributed by atoms with van der Waals surface area (Å²) in [4.78, 5) is 12.1. The quantitative estimate of drug-likeness (QED) is 0.269. The second kappa shape index (κ2) is 10.1. The summed E-state index contributed by atoms with van der Waals surface area (Å²) in [5.41, 5.74) is 2.54. The number of carbonyl (C=O) groups is 1. The maximum Gasteiger partial charge on any atom is 0.306 e. The molecule has 33 heavy (non-hydrogen) atoms. The molecule has 8 unspecified atom stereocenters. The summed E-state index contributed by atoms with van der Waals surface area (Å²) >= 11 is 0. The number of ether oxygens (including phenoxy) is 1. The summed E-state index contributed by atoms with van der Waals surface area (Å²) in [6, 6.07) is 0. The molecule has 0 saturated heterocycles. The summed E-state index contributed by atoms with van der Waals surface area (Å²) in [7, 11) is 0. The second-order valence-corrected chi connectivity index (χ2v) is 13.4. The van der Waals surface area contributed by atoms with Gasteiger partial charge in [0.1, 0.15) is 6.10 Å². The van der Waals surface area contributed by atoms with Crippen molar-refractivity contribution in [3.63, 3.8) is 0 Å². The van der Waals surface area contributed by atoms with Crippen LogP contribution in [0.15, 0.2) is 11.6 Å². The molecule has 0 heterocycles. The Morgan fingerprint density at radius 2 is 1.85 bits per heavy atom. The molecular weight excluding hydrogens is 404 g/mol. The van der Waals surface area contributed by atoms with Crippen LogP contribution in [0.2, 0.25) is 0 Å². The fraction of sp³-hybridized carbons (Fsp3) is 0.903. The summed E-state index contributed by atoms with van der Waals surface area (Å²) in [5.74, 6) is 5.31. The minimum absolute atomic E-state index is 0.00772. The van der Waals surface area contributed by atoms with Gasteiger partial charge >= 0.3 is 5.97 Å². The fourth-order valence-corrected chi connectivity index (χ4v) is 9.20. The zero-order valence-corrected chi connectivity index (χ0v) is 22.6. The lowest BCUT2D eigenvalue weighted by molar-refractivity contribution is -0.151. The maximum absolute atomic E-state index is 12.1. The third-order valence-corrected chi connectivity index (χ3v) is 11.0. The summed E-state index contributed by atoms with van der Waals surface area (Å²) in [5, 5.41) is 0. The van der Waals surface area contributed by atoms with Crippen LogP contribution < -0.4 is 0 Å². The number of esters is 1. The minimum atomic E-state index is 0.00772. The van der Waals surface area contributed by atoms with Crippen LogP contribution in [0, 0.1) is 46.3 Å². The molecular formula is C31H52O2. The predicted molar refractivity (Wildman–Crippen MR) is 138 cm³/mol. The average molecular weight is 457 g/mol. The molecule has 0 N–H and O–H groups in total. The molecule has 4 aliphatic carbocycles. The number of rotatable bonds is 8. The van der Waals surface area contributed by atoms with E-state index in [-0.39, 0.29) is 12.1 Å². The summed E-state index contributed by atoms with van der Waals surface area (Å²) < 4.78 is 5.85. The van der Waals surface area contributed by atoms with Crippen molar-refractivity contribution >= 4 is 5.97 Å². The van der Waals surface area contributed by atoms with Gasteiger partial charge in [0.2, 0.25) is 0 Å². The van der Waals surface area contributed by atoms with Crippen LogP contribution in [-0.4, -0.2) is 12.1 Å². The van der Waals surface area contributed by atoms with Crippen molar-refractivity contribution in [2.24, 2.45) is 46.3 Å². The van der Waals surface area contributed by atoms with E-state index in [4.69, 9.17) is 4.74 Å². The van der Waals surface area contributed by atoms with E-state index in [0.717, 1.165) is 54.8 Å². The van der Waals surface area contributed by atoms with Gasteiger partial charge in [0, 0.05) is 12.8 Å². The first kappa shape index (κ1) is 25.3. The zero-order valence-electron chi connectivity index (χ0n) is 22.6. The summed E-state index contributed by atoms with van der Waals surface area (Å²) in [6.07, 6.45) is 18.8. The van der Waals surface area contributed by atoms with E-state index in [0.29, 0.717) is 17.3 Å². The van der Waals surface area contributed by atoms with Crippen LogP contribution in [-0.2, 0) is 9.53 Å². The lowest BCUT2D eigenvalue weighted by atomic mass is 9.47. The highest BCUT2D eigenvalue weighted by molar-refractivity contribution is 5.69. The Labute approximate surface area is 204 Å². The highest BCUT2D eigenvalue weighted by Crippen LogP contribution is 2.67. The van der Waals surface area contributed by atoms with Crippen LogP contribution in [0.1, 0.15) is 125 Å². The van der Waals surface area contributed by atoms with E-state index in [9.17, 15) is 4.79 Å². The number of carbonyl (C=O) groups excluding carboxylic acids is 1. The molecule has 3 fully saturated rings. The van der Waals surface area contributed by atoms with Crippen molar-refractivity contribution in [3.05, 3.63) is 11.6 Å². The lowest BCUT2D eigenvalue weighted by Gasteiger charge is -2.58. The van der Waals surface area contributed by atoms with E-state index < -0.39 is 0 Å². The summed E-state index contributed by atoms with van der Waals surface area (Å²) in [6.45, 7) is 14.6. The Kier molecular flexibility index (Phi) is 7.72. The van der Waals surface area contributed by atoms with Gasteiger partial charge in [-0.15, -0.1) is 0 Å². The number of fused-ring (bicyclic) bond motifs is 5. The Hall–Kier alpha value is -0.790. The van der Waals surface area contributed by atoms with E-state index in [1.807, 2.05) is 0 Å². The number of allylic oxidation sites excluding steroid dienone is 1. The molecule has 0 amide bonds. The third-order valence-electron chi connectivity index (χ3n) is 11.0. The maximum atomic E-state index is 12.1. The monoisotopic (exact) mass is 456 g/mol. The molecule has 188 valence electrons. The molecule has 0 aromatic heterocycles. The van der Waals surface area contributed by atoms with Crippen molar-refractivity contribution in [2.45, 2.75) is 131 Å². The average Bonchev–Trinajstić information content (AvgIpc) is 3.11. The largest absolute Gasteiger partial charge is 0.462 e. The van der Waals surface area contributed by atoms with Gasteiger partial charge in [-0.1, -0.05) is 72.5 Å². The Morgan fingerprint density at radius 3 is 2.58 bits per heavy atom. The van der Waals surface area contributed by atoms with Gasteiger partial charge in [0.15, 0.2) is 0 Å². The lowest BCUT2D eigenvalue weighted by Crippen LogP contribution is -2.51. The van der Waals surface area contributed by atoms with E-state index in [1.54, 1.807) is 5.57 Å². The topological polar surface area (TPSA) is 26.3 Å². The Morgan fingerprint density at radius 1 is 1.06 bits per heavy atom. The second-order valence-electron chi connectivity index (χ2n) is 13.4. The van der Waals surface area contributed by atoms with Gasteiger partial charge in [0.25, 0.3) is 0 Å². The van der Waals surface area contributed by atoms with E-state index in [2.05, 4.69) is 47.6 Å². The molecule has 4 aliphatic rings. The third kappa shape index (κ3) is 4.84. The standard InChI is InChI=1S/C31H52O2/c1-7-9-29(32)33-24-16-18-30(5)23(20-24)12-13-25-27-15-14-26(22(4)11-8-10-21(2)3)31(27,6)19-17-28(25)30/h12,21-22,24-28H,7-11,13-20H2,1-6H3. The molecule has 3 saturated carbocycles. The van der Waals surface area contributed by atoms with E-state index in [1.165, 1.54) is 57.8 Å². The Bertz CT molecular complexity index is 722. The molecule has 0 bridgehead atoms. The normalized spacial score (nSPS) is 41.1. The van der Waals surface area contributed by atoms with Crippen molar-refractivity contribution in [1.82, 2.24) is 0 Å². The van der Waals surface area contributed by atoms with Crippen LogP contribution in [0.4, 0.5) is 0 Å². The van der Waals surface area contributed by atoms with Crippen LogP contribution >= 0.6 is 0 Å². The van der Waals surface area contributed by atoms with Crippen LogP contribution in [0.5, 0.6) is 0 Å². The first-order valence-corrected chi connectivity index (χ1v) is 14.6. The molecule has 4 rings (SSSR count). The van der Waals surface area contributed by atoms with Gasteiger partial charge in [0.05, 0.1) is 0 Å². The van der Waals surface area contributed by atoms with Gasteiger partial charge in [-0.2, -0.15) is 0 Å². The first-order valence-electron chi connectivity index (χ1n) is 14.6. The first-order chi connectivity index (χ1) is 15.7. The minimum Gasteiger partial charge on any atom is -0.462 e. The molecule has 8 atom stereocenters. The van der Waals surface area contributed by atoms with E-state index >= 15 is 0 Å².